The van der Waals surface area contributed by atoms with Crippen molar-refractivity contribution in [3.8, 4) is 0 Å². The topological polar surface area (TPSA) is 61.7 Å². The summed E-state index contributed by atoms with van der Waals surface area (Å²) in [5.74, 6) is -0.547. The first-order chi connectivity index (χ1) is 7.24. The molecule has 1 rings (SSSR count). The molecule has 0 spiro atoms. The second kappa shape index (κ2) is 6.01. The molecule has 0 aliphatic heterocycles. The Bertz CT molecular complexity index is 413. The molecule has 78 valence electrons. The zero-order chi connectivity index (χ0) is 11.1. The van der Waals surface area contributed by atoms with Gasteiger partial charge in [0.1, 0.15) is 0 Å². The molecule has 0 aromatic carbocycles. The minimum Gasteiger partial charge on any atom is -0.241 e. The van der Waals surface area contributed by atoms with Gasteiger partial charge in [-0.05, 0) is 23.6 Å². The number of hydrogen-bond donors (Lipinski definition) is 0. The molecule has 0 aliphatic rings. The van der Waals surface area contributed by atoms with Gasteiger partial charge < -0.3 is 0 Å². The number of hydrogen-bond acceptors (Lipinski definition) is 2. The maximum atomic E-state index is 12.9. The van der Waals surface area contributed by atoms with Crippen molar-refractivity contribution >= 4 is 17.7 Å². The molecule has 1 aromatic heterocycles. The quantitative estimate of drug-likeness (QED) is 0.254. The van der Waals surface area contributed by atoms with Crippen molar-refractivity contribution in [2.24, 2.45) is 5.11 Å². The van der Waals surface area contributed by atoms with Crippen LogP contribution < -0.4 is 0 Å². The van der Waals surface area contributed by atoms with Gasteiger partial charge in [-0.3, -0.25) is 0 Å². The average molecular weight is 227 g/mol. The molecule has 15 heavy (non-hydrogen) atoms. The summed E-state index contributed by atoms with van der Waals surface area (Å²) in [5, 5.41) is 3.22. The summed E-state index contributed by atoms with van der Waals surface area (Å²) < 4.78 is 12.9. The third-order valence-electron chi connectivity index (χ3n) is 1.59. The summed E-state index contributed by atoms with van der Waals surface area (Å²) in [6.45, 7) is 0.385. The number of aromatic nitrogens is 1. The van der Waals surface area contributed by atoms with Crippen LogP contribution in [0.2, 0.25) is 5.15 Å². The summed E-state index contributed by atoms with van der Waals surface area (Å²) in [6.07, 6.45) is 5.54. The van der Waals surface area contributed by atoms with E-state index in [0.717, 1.165) is 0 Å². The monoisotopic (exact) mass is 226 g/mol. The number of halogens is 2. The van der Waals surface area contributed by atoms with E-state index in [4.69, 9.17) is 17.1 Å². The van der Waals surface area contributed by atoms with Gasteiger partial charge in [-0.15, -0.1) is 0 Å². The van der Waals surface area contributed by atoms with Crippen LogP contribution in [0.3, 0.4) is 0 Å². The SMILES string of the molecule is [N-]=[N+]=NCCC=Cc1cnc(Cl)c(F)c1. The molecule has 6 heteroatoms. The lowest BCUT2D eigenvalue weighted by molar-refractivity contribution is 0.621. The van der Waals surface area contributed by atoms with Crippen LogP contribution in [0, 0.1) is 5.82 Å². The van der Waals surface area contributed by atoms with Crippen LogP contribution in [0.25, 0.3) is 16.5 Å². The lowest BCUT2D eigenvalue weighted by Crippen LogP contribution is -1.84. The summed E-state index contributed by atoms with van der Waals surface area (Å²) in [4.78, 5) is 6.26. The molecule has 0 bridgehead atoms. The predicted molar refractivity (Wildman–Crippen MR) is 56.9 cm³/mol. The zero-order valence-electron chi connectivity index (χ0n) is 7.77. The normalized spacial score (nSPS) is 10.3. The second-order valence-corrected chi connectivity index (χ2v) is 3.04. The van der Waals surface area contributed by atoms with E-state index >= 15 is 0 Å². The fraction of sp³-hybridized carbons (Fsp3) is 0.222. The highest BCUT2D eigenvalue weighted by molar-refractivity contribution is 6.29. The van der Waals surface area contributed by atoms with E-state index in [-0.39, 0.29) is 5.15 Å². The fourth-order valence-corrected chi connectivity index (χ4v) is 1.03. The van der Waals surface area contributed by atoms with Crippen molar-refractivity contribution in [3.63, 3.8) is 0 Å². The third kappa shape index (κ3) is 3.97. The molecule has 0 aliphatic carbocycles. The lowest BCUT2D eigenvalue weighted by atomic mass is 10.2. The van der Waals surface area contributed by atoms with E-state index in [1.807, 2.05) is 0 Å². The molecule has 0 saturated carbocycles. The van der Waals surface area contributed by atoms with Crippen LogP contribution >= 0.6 is 11.6 Å². The summed E-state index contributed by atoms with van der Waals surface area (Å²) in [6, 6.07) is 1.29. The van der Waals surface area contributed by atoms with Crippen LogP contribution in [0.5, 0.6) is 0 Å². The largest absolute Gasteiger partial charge is 0.241 e. The summed E-state index contributed by atoms with van der Waals surface area (Å²) in [5.41, 5.74) is 8.63. The Morgan fingerprint density at radius 3 is 3.13 bits per heavy atom. The molecule has 0 amide bonds. The van der Waals surface area contributed by atoms with Crippen molar-refractivity contribution in [1.29, 1.82) is 0 Å². The molecule has 0 N–H and O–H groups in total. The van der Waals surface area contributed by atoms with E-state index in [1.165, 1.54) is 12.3 Å². The summed E-state index contributed by atoms with van der Waals surface area (Å²) >= 11 is 5.42. The molecule has 0 saturated heterocycles. The van der Waals surface area contributed by atoms with Gasteiger partial charge in [-0.2, -0.15) is 0 Å². The van der Waals surface area contributed by atoms with Gasteiger partial charge in [0.05, 0.1) is 0 Å². The number of azide groups is 1. The van der Waals surface area contributed by atoms with Crippen molar-refractivity contribution < 1.29 is 4.39 Å². The Balaban J connectivity index is 2.56. The highest BCUT2D eigenvalue weighted by Crippen LogP contribution is 2.12. The average Bonchev–Trinajstić information content (AvgIpc) is 2.23. The Morgan fingerprint density at radius 1 is 1.67 bits per heavy atom. The first-order valence-corrected chi connectivity index (χ1v) is 4.60. The van der Waals surface area contributed by atoms with Gasteiger partial charge in [-0.25, -0.2) is 9.37 Å². The number of pyridine rings is 1. The first-order valence-electron chi connectivity index (χ1n) is 4.22. The number of rotatable bonds is 4. The van der Waals surface area contributed by atoms with E-state index in [2.05, 4.69) is 15.0 Å². The van der Waals surface area contributed by atoms with Gasteiger partial charge >= 0.3 is 0 Å². The molecular weight excluding hydrogens is 219 g/mol. The van der Waals surface area contributed by atoms with Crippen LogP contribution in [0.1, 0.15) is 12.0 Å². The minimum absolute atomic E-state index is 0.138. The van der Waals surface area contributed by atoms with Crippen LogP contribution in [0.4, 0.5) is 4.39 Å². The zero-order valence-corrected chi connectivity index (χ0v) is 8.52. The Kier molecular flexibility index (Phi) is 4.60. The molecular formula is C9H8ClFN4. The number of nitrogens with zero attached hydrogens (tertiary/aromatic N) is 4. The van der Waals surface area contributed by atoms with Gasteiger partial charge in [0.25, 0.3) is 0 Å². The molecule has 1 aromatic rings. The van der Waals surface area contributed by atoms with Crippen molar-refractivity contribution in [2.45, 2.75) is 6.42 Å². The Hall–Kier alpha value is -1.58. The van der Waals surface area contributed by atoms with E-state index in [9.17, 15) is 4.39 Å². The first kappa shape index (κ1) is 11.5. The maximum Gasteiger partial charge on any atom is 0.164 e. The van der Waals surface area contributed by atoms with Gasteiger partial charge in [0.2, 0.25) is 0 Å². The van der Waals surface area contributed by atoms with Crippen molar-refractivity contribution in [1.82, 2.24) is 4.98 Å². The van der Waals surface area contributed by atoms with Crippen LogP contribution in [0.15, 0.2) is 23.5 Å². The van der Waals surface area contributed by atoms with Gasteiger partial charge in [-0.1, -0.05) is 28.9 Å². The van der Waals surface area contributed by atoms with Gasteiger partial charge in [0, 0.05) is 17.7 Å². The van der Waals surface area contributed by atoms with E-state index < -0.39 is 5.82 Å². The smallest absolute Gasteiger partial charge is 0.164 e. The van der Waals surface area contributed by atoms with E-state index in [0.29, 0.717) is 18.5 Å². The Morgan fingerprint density at radius 2 is 2.47 bits per heavy atom. The van der Waals surface area contributed by atoms with Crippen LogP contribution in [-0.4, -0.2) is 11.5 Å². The standard InChI is InChI=1S/C9H8ClFN4/c10-9-8(11)5-7(6-13-9)3-1-2-4-14-15-12/h1,3,5-6H,2,4H2. The maximum absolute atomic E-state index is 12.9. The van der Waals surface area contributed by atoms with Crippen molar-refractivity contribution in [3.05, 3.63) is 45.3 Å². The highest BCUT2D eigenvalue weighted by Gasteiger charge is 1.99. The van der Waals surface area contributed by atoms with Gasteiger partial charge in [0.15, 0.2) is 11.0 Å². The summed E-state index contributed by atoms with van der Waals surface area (Å²) in [7, 11) is 0. The minimum atomic E-state index is -0.547. The molecule has 0 radical (unpaired) electrons. The highest BCUT2D eigenvalue weighted by atomic mass is 35.5. The van der Waals surface area contributed by atoms with E-state index in [1.54, 1.807) is 12.2 Å². The molecule has 0 atom stereocenters. The molecule has 0 unspecified atom stereocenters. The van der Waals surface area contributed by atoms with Crippen LogP contribution in [-0.2, 0) is 0 Å². The molecule has 0 fully saturated rings. The second-order valence-electron chi connectivity index (χ2n) is 2.69. The molecule has 1 heterocycles. The molecule has 4 nitrogen and oxygen atoms in total. The van der Waals surface area contributed by atoms with Crippen molar-refractivity contribution in [2.75, 3.05) is 6.54 Å². The Labute approximate surface area is 91.0 Å². The lowest BCUT2D eigenvalue weighted by Gasteiger charge is -1.95. The predicted octanol–water partition coefficient (Wildman–Crippen LogP) is 3.59. The fourth-order valence-electron chi connectivity index (χ4n) is 0.924. The third-order valence-corrected chi connectivity index (χ3v) is 1.86.